The summed E-state index contributed by atoms with van der Waals surface area (Å²) in [5, 5.41) is 2.69. The molecule has 124 valence electrons. The van der Waals surface area contributed by atoms with E-state index in [4.69, 9.17) is 11.3 Å². The minimum Gasteiger partial charge on any atom is -0.467 e. The Morgan fingerprint density at radius 2 is 2.04 bits per heavy atom. The average Bonchev–Trinajstić information content (AvgIpc) is 3.06. The molecule has 0 saturated heterocycles. The second kappa shape index (κ2) is 7.42. The van der Waals surface area contributed by atoms with Gasteiger partial charge >= 0.3 is 11.7 Å². The van der Waals surface area contributed by atoms with Gasteiger partial charge in [-0.3, -0.25) is 4.79 Å². The number of aromatic amines is 1. The zero-order valence-corrected chi connectivity index (χ0v) is 13.8. The number of rotatable bonds is 5. The normalized spacial score (nSPS) is 11.4. The smallest absolute Gasteiger partial charge is 0.345 e. The van der Waals surface area contributed by atoms with Crippen LogP contribution in [0.25, 0.3) is 4.85 Å². The van der Waals surface area contributed by atoms with E-state index in [1.807, 2.05) is 13.8 Å². The fourth-order valence-electron chi connectivity index (χ4n) is 2.48. The fraction of sp³-hybridized carbons (Fsp3) is 0.294. The Balaban J connectivity index is 2.21. The minimum absolute atomic E-state index is 0.257. The molecular formula is C17H19N4O3+. The minimum atomic E-state index is -0.817. The average molecular weight is 327 g/mol. The van der Waals surface area contributed by atoms with Crippen molar-refractivity contribution in [1.29, 1.82) is 0 Å². The van der Waals surface area contributed by atoms with E-state index >= 15 is 0 Å². The lowest BCUT2D eigenvalue weighted by molar-refractivity contribution is -0.142. The largest absolute Gasteiger partial charge is 0.467 e. The molecule has 0 fully saturated rings. The van der Waals surface area contributed by atoms with Crippen molar-refractivity contribution in [2.24, 2.45) is 0 Å². The highest BCUT2D eigenvalue weighted by atomic mass is 16.5. The van der Waals surface area contributed by atoms with Gasteiger partial charge in [-0.25, -0.2) is 9.78 Å². The zero-order chi connectivity index (χ0) is 17.7. The van der Waals surface area contributed by atoms with E-state index in [0.29, 0.717) is 11.3 Å². The highest BCUT2D eigenvalue weighted by molar-refractivity contribution is 5.97. The number of aromatic nitrogens is 2. The second-order valence-electron chi connectivity index (χ2n) is 5.42. The molecule has 1 heterocycles. The number of amides is 1. The SMILES string of the molecule is C#[N+]c1c(C)cc(C(=O)N[C@H](Cc2cnc[nH]2)C(=O)OC)cc1C. The van der Waals surface area contributed by atoms with E-state index in [1.54, 1.807) is 18.3 Å². The molecule has 0 radical (unpaired) electrons. The van der Waals surface area contributed by atoms with E-state index in [0.717, 1.165) is 16.8 Å². The zero-order valence-electron chi connectivity index (χ0n) is 13.8. The maximum Gasteiger partial charge on any atom is 0.345 e. The molecule has 0 spiro atoms. The van der Waals surface area contributed by atoms with Crippen molar-refractivity contribution in [2.75, 3.05) is 7.11 Å². The molecule has 0 aliphatic heterocycles. The van der Waals surface area contributed by atoms with Gasteiger partial charge in [0.2, 0.25) is 0 Å². The molecule has 2 rings (SSSR count). The number of H-pyrrole nitrogens is 1. The Kier molecular flexibility index (Phi) is 5.32. The molecule has 2 N–H and O–H groups in total. The van der Waals surface area contributed by atoms with E-state index in [-0.39, 0.29) is 12.3 Å². The van der Waals surface area contributed by atoms with Crippen LogP contribution in [0, 0.1) is 20.4 Å². The van der Waals surface area contributed by atoms with Crippen LogP contribution in [0.15, 0.2) is 24.7 Å². The quantitative estimate of drug-likeness (QED) is 0.824. The number of benzene rings is 1. The summed E-state index contributed by atoms with van der Waals surface area (Å²) in [4.78, 5) is 34.9. The number of nitrogens with one attached hydrogen (secondary N) is 2. The van der Waals surface area contributed by atoms with E-state index in [2.05, 4.69) is 20.1 Å². The first kappa shape index (κ1) is 17.2. The van der Waals surface area contributed by atoms with Gasteiger partial charge in [0.05, 0.1) is 13.4 Å². The summed E-state index contributed by atoms with van der Waals surface area (Å²) in [5.74, 6) is -0.903. The van der Waals surface area contributed by atoms with Crippen LogP contribution < -0.4 is 5.32 Å². The molecule has 0 aliphatic carbocycles. The number of carbonyl (C=O) groups excluding carboxylic acids is 2. The monoisotopic (exact) mass is 327 g/mol. The summed E-state index contributed by atoms with van der Waals surface area (Å²) in [7, 11) is 1.28. The van der Waals surface area contributed by atoms with Crippen LogP contribution in [-0.2, 0) is 16.0 Å². The number of hydrogen-bond donors (Lipinski definition) is 2. The first-order valence-corrected chi connectivity index (χ1v) is 7.34. The molecule has 0 saturated carbocycles. The number of nitrogens with zero attached hydrogens (tertiary/aromatic N) is 2. The fourth-order valence-corrected chi connectivity index (χ4v) is 2.48. The highest BCUT2D eigenvalue weighted by Crippen LogP contribution is 2.25. The van der Waals surface area contributed by atoms with Crippen LogP contribution in [0.5, 0.6) is 0 Å². The van der Waals surface area contributed by atoms with E-state index in [1.165, 1.54) is 13.4 Å². The molecule has 1 amide bonds. The molecule has 0 unspecified atom stereocenters. The lowest BCUT2D eigenvalue weighted by Crippen LogP contribution is -2.43. The molecule has 7 nitrogen and oxygen atoms in total. The van der Waals surface area contributed by atoms with Gasteiger partial charge in [0.25, 0.3) is 12.5 Å². The molecule has 2 aromatic rings. The Bertz CT molecular complexity index is 768. The lowest BCUT2D eigenvalue weighted by Gasteiger charge is -2.16. The predicted molar refractivity (Wildman–Crippen MR) is 89.4 cm³/mol. The third-order valence-electron chi connectivity index (χ3n) is 3.65. The summed E-state index contributed by atoms with van der Waals surface area (Å²) in [6, 6.07) is 2.54. The number of esters is 1. The van der Waals surface area contributed by atoms with Crippen LogP contribution in [0.1, 0.15) is 27.2 Å². The summed E-state index contributed by atoms with van der Waals surface area (Å²) < 4.78 is 4.76. The molecule has 1 atom stereocenters. The van der Waals surface area contributed by atoms with Crippen molar-refractivity contribution in [3.05, 3.63) is 51.9 Å². The van der Waals surface area contributed by atoms with Crippen molar-refractivity contribution in [3.63, 3.8) is 0 Å². The maximum atomic E-state index is 12.5. The molecule has 0 aliphatic rings. The Hall–Kier alpha value is -3.14. The van der Waals surface area contributed by atoms with E-state index in [9.17, 15) is 9.59 Å². The van der Waals surface area contributed by atoms with Gasteiger partial charge in [0.1, 0.15) is 6.04 Å². The molecular weight excluding hydrogens is 308 g/mol. The first-order valence-electron chi connectivity index (χ1n) is 7.34. The number of methoxy groups -OCH3 is 1. The van der Waals surface area contributed by atoms with Gasteiger partial charge in [-0.1, -0.05) is 0 Å². The first-order chi connectivity index (χ1) is 11.5. The van der Waals surface area contributed by atoms with Crippen molar-refractivity contribution < 1.29 is 14.3 Å². The van der Waals surface area contributed by atoms with Crippen molar-refractivity contribution in [1.82, 2.24) is 15.3 Å². The van der Waals surface area contributed by atoms with Gasteiger partial charge in [-0.05, 0) is 30.8 Å². The summed E-state index contributed by atoms with van der Waals surface area (Å²) >= 11 is 0. The topological polar surface area (TPSA) is 88.4 Å². The molecule has 1 aromatic carbocycles. The third-order valence-corrected chi connectivity index (χ3v) is 3.65. The molecule has 1 aromatic heterocycles. The van der Waals surface area contributed by atoms with Crippen LogP contribution in [-0.4, -0.2) is 35.0 Å². The van der Waals surface area contributed by atoms with Gasteiger partial charge in [0.15, 0.2) is 0 Å². The van der Waals surface area contributed by atoms with Gasteiger partial charge < -0.3 is 15.0 Å². The maximum absolute atomic E-state index is 12.5. The molecule has 7 heteroatoms. The van der Waals surface area contributed by atoms with Crippen LogP contribution in [0.4, 0.5) is 5.69 Å². The number of ether oxygens (including phenoxy) is 1. The summed E-state index contributed by atoms with van der Waals surface area (Å²) in [6.07, 6.45) is 3.35. The Morgan fingerprint density at radius 1 is 1.38 bits per heavy atom. The Morgan fingerprint density at radius 3 is 2.54 bits per heavy atom. The predicted octanol–water partition coefficient (Wildman–Crippen LogP) is 2.13. The number of imidazole rings is 1. The van der Waals surface area contributed by atoms with E-state index < -0.39 is 12.0 Å². The van der Waals surface area contributed by atoms with Crippen molar-refractivity contribution >= 4 is 17.6 Å². The lowest BCUT2D eigenvalue weighted by atomic mass is 10.0. The Labute approximate surface area is 139 Å². The van der Waals surface area contributed by atoms with Crippen molar-refractivity contribution in [2.45, 2.75) is 26.3 Å². The standard InChI is InChI=1S/C17H18N4O3/c1-10-5-12(6-11(2)15(10)18-3)16(22)21-14(17(23)24-4)7-13-8-19-9-20-13/h3,5-6,8-9,14H,7H2,1-2,4H3,(H-,19,20,21,22)/p+1/t14-/m1/s1. The number of carbonyl (C=O) groups is 2. The summed E-state index contributed by atoms with van der Waals surface area (Å²) in [5.41, 5.74) is 3.36. The molecule has 0 bridgehead atoms. The highest BCUT2D eigenvalue weighted by Gasteiger charge is 2.24. The summed E-state index contributed by atoms with van der Waals surface area (Å²) in [6.45, 7) is 8.98. The van der Waals surface area contributed by atoms with Gasteiger partial charge in [-0.15, -0.1) is 0 Å². The van der Waals surface area contributed by atoms with Gasteiger partial charge in [-0.2, -0.15) is 0 Å². The van der Waals surface area contributed by atoms with Crippen LogP contribution in [0.2, 0.25) is 0 Å². The number of aryl methyl sites for hydroxylation is 2. The third kappa shape index (κ3) is 3.79. The second-order valence-corrected chi connectivity index (χ2v) is 5.42. The van der Waals surface area contributed by atoms with Crippen LogP contribution >= 0.6 is 0 Å². The number of hydrogen-bond acceptors (Lipinski definition) is 4. The van der Waals surface area contributed by atoms with Crippen LogP contribution in [0.3, 0.4) is 0 Å². The van der Waals surface area contributed by atoms with Crippen molar-refractivity contribution in [3.8, 4) is 6.57 Å². The van der Waals surface area contributed by atoms with Gasteiger partial charge in [0, 0.05) is 35.0 Å². The molecule has 24 heavy (non-hydrogen) atoms.